The highest BCUT2D eigenvalue weighted by molar-refractivity contribution is 7.15. The lowest BCUT2D eigenvalue weighted by atomic mass is 9.88. The predicted octanol–water partition coefficient (Wildman–Crippen LogP) is 1.69. The van der Waals surface area contributed by atoms with Gasteiger partial charge in [0, 0.05) is 17.6 Å². The van der Waals surface area contributed by atoms with E-state index in [0.717, 1.165) is 17.7 Å². The molecule has 28 heavy (non-hydrogen) atoms. The van der Waals surface area contributed by atoms with Crippen LogP contribution < -0.4 is 10.9 Å². The van der Waals surface area contributed by atoms with Crippen LogP contribution in [0.25, 0.3) is 4.96 Å². The molecule has 3 rings (SSSR count). The lowest BCUT2D eigenvalue weighted by molar-refractivity contribution is -0.149. The Hall–Kier alpha value is -2.75. The molecule has 0 spiro atoms. The molecule has 9 nitrogen and oxygen atoms in total. The molecule has 1 aliphatic heterocycles. The number of urea groups is 1. The van der Waals surface area contributed by atoms with Gasteiger partial charge in [-0.15, -0.1) is 11.3 Å². The lowest BCUT2D eigenvalue weighted by Crippen LogP contribution is -2.47. The van der Waals surface area contributed by atoms with E-state index in [-0.39, 0.29) is 12.2 Å². The van der Waals surface area contributed by atoms with Gasteiger partial charge >= 0.3 is 12.0 Å². The summed E-state index contributed by atoms with van der Waals surface area (Å²) >= 11 is 1.29. The third-order valence-electron chi connectivity index (χ3n) is 4.62. The van der Waals surface area contributed by atoms with Gasteiger partial charge in [-0.05, 0) is 12.8 Å². The van der Waals surface area contributed by atoms with E-state index in [4.69, 9.17) is 4.74 Å². The highest BCUT2D eigenvalue weighted by Gasteiger charge is 2.50. The number of thiazole rings is 1. The fraction of sp³-hybridized carbons (Fsp3) is 0.500. The molecule has 2 aromatic rings. The van der Waals surface area contributed by atoms with Crippen molar-refractivity contribution in [2.75, 3.05) is 6.54 Å². The smallest absolute Gasteiger partial charge is 0.326 e. The summed E-state index contributed by atoms with van der Waals surface area (Å²) in [5, 5.41) is 4.48. The van der Waals surface area contributed by atoms with Crippen LogP contribution in [0.2, 0.25) is 0 Å². The third kappa shape index (κ3) is 3.77. The zero-order valence-corrected chi connectivity index (χ0v) is 16.6. The number of amides is 3. The van der Waals surface area contributed by atoms with Crippen molar-refractivity contribution in [1.29, 1.82) is 0 Å². The van der Waals surface area contributed by atoms with E-state index in [1.807, 2.05) is 13.8 Å². The molecule has 0 radical (unpaired) electrons. The maximum atomic E-state index is 12.8. The molecular weight excluding hydrogens is 384 g/mol. The number of hydrogen-bond acceptors (Lipinski definition) is 7. The van der Waals surface area contributed by atoms with Gasteiger partial charge in [0.2, 0.25) is 0 Å². The second kappa shape index (κ2) is 8.09. The van der Waals surface area contributed by atoms with E-state index in [0.29, 0.717) is 23.5 Å². The van der Waals surface area contributed by atoms with E-state index >= 15 is 0 Å². The maximum Gasteiger partial charge on any atom is 0.326 e. The van der Waals surface area contributed by atoms with Crippen molar-refractivity contribution in [3.63, 3.8) is 0 Å². The molecule has 3 amide bonds. The molecule has 1 saturated heterocycles. The zero-order valence-electron chi connectivity index (χ0n) is 15.8. The number of carbonyl (C=O) groups excluding carboxylic acids is 3. The molecule has 0 unspecified atom stereocenters. The van der Waals surface area contributed by atoms with Crippen molar-refractivity contribution in [1.82, 2.24) is 19.6 Å². The van der Waals surface area contributed by atoms with Crippen molar-refractivity contribution < 1.29 is 19.1 Å². The Bertz CT molecular complexity index is 960. The summed E-state index contributed by atoms with van der Waals surface area (Å²) in [6.07, 6.45) is 4.12. The quantitative estimate of drug-likeness (QED) is 0.528. The maximum absolute atomic E-state index is 12.8. The normalized spacial score (nSPS) is 15.9. The zero-order chi connectivity index (χ0) is 20.3. The lowest BCUT2D eigenvalue weighted by Gasteiger charge is -2.25. The second-order valence-electron chi connectivity index (χ2n) is 6.71. The number of ether oxygens (including phenoxy) is 1. The van der Waals surface area contributed by atoms with Crippen molar-refractivity contribution in [2.24, 2.45) is 0 Å². The highest BCUT2D eigenvalue weighted by atomic mass is 32.1. The molecule has 2 aromatic heterocycles. The summed E-state index contributed by atoms with van der Waals surface area (Å²) in [5.74, 6) is -1.13. The number of hydrogen-bond donors (Lipinski definition) is 1. The SMILES string of the molecule is CCCC1(CCC)NC(=O)N(CC(=O)OCc2cc(=O)n3ccsc3n2)C1=O. The first-order chi connectivity index (χ1) is 13.4. The van der Waals surface area contributed by atoms with Crippen LogP contribution >= 0.6 is 11.3 Å². The molecule has 3 heterocycles. The number of carbonyl (C=O) groups is 3. The number of aromatic nitrogens is 2. The van der Waals surface area contributed by atoms with Crippen LogP contribution in [0.15, 0.2) is 22.4 Å². The standard InChI is InChI=1S/C18H22N4O5S/c1-3-5-18(6-4-2)15(25)22(16(26)20-18)10-14(24)27-11-12-9-13(23)21-7-8-28-17(21)19-12/h7-9H,3-6,10-11H2,1-2H3,(H,20,26). The average molecular weight is 406 g/mol. The second-order valence-corrected chi connectivity index (χ2v) is 7.58. The van der Waals surface area contributed by atoms with Gasteiger partial charge in [0.1, 0.15) is 18.7 Å². The average Bonchev–Trinajstić information content (AvgIpc) is 3.20. The van der Waals surface area contributed by atoms with Gasteiger partial charge in [-0.25, -0.2) is 9.78 Å². The summed E-state index contributed by atoms with van der Waals surface area (Å²) in [7, 11) is 0. The van der Waals surface area contributed by atoms with Gasteiger partial charge in [0.15, 0.2) is 4.96 Å². The summed E-state index contributed by atoms with van der Waals surface area (Å²) in [5.41, 5.74) is -0.902. The molecule has 10 heteroatoms. The first-order valence-electron chi connectivity index (χ1n) is 9.15. The van der Waals surface area contributed by atoms with Gasteiger partial charge in [-0.2, -0.15) is 0 Å². The van der Waals surface area contributed by atoms with Crippen LogP contribution in [0.1, 0.15) is 45.2 Å². The first-order valence-corrected chi connectivity index (χ1v) is 10.0. The molecule has 0 bridgehead atoms. The Morgan fingerprint density at radius 2 is 1.96 bits per heavy atom. The Balaban J connectivity index is 1.64. The van der Waals surface area contributed by atoms with Gasteiger partial charge in [-0.1, -0.05) is 26.7 Å². The monoisotopic (exact) mass is 406 g/mol. The summed E-state index contributed by atoms with van der Waals surface area (Å²) in [6, 6.07) is 0.703. The number of rotatable bonds is 8. The van der Waals surface area contributed by atoms with Crippen LogP contribution in [0.3, 0.4) is 0 Å². The number of imide groups is 1. The van der Waals surface area contributed by atoms with Crippen LogP contribution in [-0.4, -0.2) is 44.3 Å². The third-order valence-corrected chi connectivity index (χ3v) is 5.38. The number of nitrogens with one attached hydrogen (secondary N) is 1. The van der Waals surface area contributed by atoms with Gasteiger partial charge in [0.05, 0.1) is 5.69 Å². The minimum Gasteiger partial charge on any atom is -0.458 e. The van der Waals surface area contributed by atoms with Crippen molar-refractivity contribution in [2.45, 2.75) is 51.7 Å². The minimum absolute atomic E-state index is 0.207. The summed E-state index contributed by atoms with van der Waals surface area (Å²) < 4.78 is 6.53. The van der Waals surface area contributed by atoms with Gasteiger partial charge in [-0.3, -0.25) is 23.7 Å². The Kier molecular flexibility index (Phi) is 5.78. The van der Waals surface area contributed by atoms with E-state index in [1.165, 1.54) is 21.8 Å². The van der Waals surface area contributed by atoms with E-state index in [2.05, 4.69) is 10.3 Å². The summed E-state index contributed by atoms with van der Waals surface area (Å²) in [6.45, 7) is 3.20. The van der Waals surface area contributed by atoms with Crippen LogP contribution in [0.4, 0.5) is 4.79 Å². The predicted molar refractivity (Wildman–Crippen MR) is 102 cm³/mol. The number of nitrogens with zero attached hydrogens (tertiary/aromatic N) is 3. The summed E-state index contributed by atoms with van der Waals surface area (Å²) in [4.78, 5) is 54.8. The highest BCUT2D eigenvalue weighted by Crippen LogP contribution is 2.28. The molecule has 0 saturated carbocycles. The Labute approximate surface area is 165 Å². The molecule has 1 fully saturated rings. The molecule has 0 aromatic carbocycles. The number of fused-ring (bicyclic) bond motifs is 1. The fourth-order valence-corrected chi connectivity index (χ4v) is 4.17. The van der Waals surface area contributed by atoms with Gasteiger partial charge < -0.3 is 10.1 Å². The molecule has 150 valence electrons. The first kappa shape index (κ1) is 20.0. The van der Waals surface area contributed by atoms with E-state index in [9.17, 15) is 19.2 Å². The Morgan fingerprint density at radius 1 is 1.25 bits per heavy atom. The van der Waals surface area contributed by atoms with Crippen molar-refractivity contribution >= 4 is 34.2 Å². The van der Waals surface area contributed by atoms with Crippen LogP contribution in [0, 0.1) is 0 Å². The minimum atomic E-state index is -0.943. The molecule has 0 aliphatic carbocycles. The van der Waals surface area contributed by atoms with E-state index in [1.54, 1.807) is 11.6 Å². The Morgan fingerprint density at radius 3 is 2.64 bits per heavy atom. The molecule has 1 aliphatic rings. The number of esters is 1. The van der Waals surface area contributed by atoms with Crippen molar-refractivity contribution in [3.8, 4) is 0 Å². The fourth-order valence-electron chi connectivity index (χ4n) is 3.43. The molecule has 0 atom stereocenters. The van der Waals surface area contributed by atoms with Crippen LogP contribution in [0.5, 0.6) is 0 Å². The molecule has 1 N–H and O–H groups in total. The van der Waals surface area contributed by atoms with Gasteiger partial charge in [0.25, 0.3) is 11.5 Å². The van der Waals surface area contributed by atoms with Crippen molar-refractivity contribution in [3.05, 3.63) is 33.7 Å². The largest absolute Gasteiger partial charge is 0.458 e. The van der Waals surface area contributed by atoms with Crippen LogP contribution in [-0.2, 0) is 20.9 Å². The molecular formula is C18H22N4O5S. The van der Waals surface area contributed by atoms with E-state index < -0.39 is 30.0 Å². The topological polar surface area (TPSA) is 110 Å².